The van der Waals surface area contributed by atoms with Crippen molar-refractivity contribution < 1.29 is 89.1 Å². The number of hydrogen-bond acceptors (Lipinski definition) is 18. The first-order valence-electron chi connectivity index (χ1n) is 23.1. The standard InChI is InChI=1S/C45H72O18/c1-19(18-58-41-38(56)36(54)33(51)29(16-46)61-41)6-9-27(48)20(2)31-28(49)15-26-24-8-7-22-14-23(10-12-44(22,4)25(24)11-13-45(26,31)5)60-43-40(37(55)34(52)30(17-47)62-43)63-42-39(57)35(53)32(50)21(3)59-42/h7,19-21,23-26,29-43,46-47,50-57H,6,8-18H2,1-5H3/t19-,20-,21?,23?,24-,25+,26+,29?,30?,31-,32+,33-,34-,35?,36?,37?,38?,39?,40?,41-,42+,43-,44+,45+/m1/s1. The van der Waals surface area contributed by atoms with Gasteiger partial charge in [0, 0.05) is 24.7 Å². The molecular weight excluding hydrogens is 828 g/mol. The van der Waals surface area contributed by atoms with Crippen LogP contribution in [0.2, 0.25) is 0 Å². The normalized spacial score (nSPS) is 49.9. The Morgan fingerprint density at radius 2 is 1.40 bits per heavy atom. The van der Waals surface area contributed by atoms with Crippen molar-refractivity contribution >= 4 is 11.6 Å². The van der Waals surface area contributed by atoms with Gasteiger partial charge in [0.1, 0.15) is 78.7 Å². The van der Waals surface area contributed by atoms with Crippen LogP contribution in [0.25, 0.3) is 0 Å². The average Bonchev–Trinajstić information content (AvgIpc) is 3.54. The Hall–Kier alpha value is -1.56. The first kappa shape index (κ1) is 49.3. The van der Waals surface area contributed by atoms with E-state index in [0.717, 1.165) is 25.7 Å². The molecule has 18 heteroatoms. The van der Waals surface area contributed by atoms with E-state index in [9.17, 15) is 60.7 Å². The van der Waals surface area contributed by atoms with Gasteiger partial charge in [-0.05, 0) is 86.4 Å². The number of carbonyl (C=O) groups excluding carboxylic acids is 2. The predicted molar refractivity (Wildman–Crippen MR) is 218 cm³/mol. The fourth-order valence-corrected chi connectivity index (χ4v) is 12.6. The van der Waals surface area contributed by atoms with Crippen molar-refractivity contribution in [1.29, 1.82) is 0 Å². The zero-order chi connectivity index (χ0) is 45.9. The summed E-state index contributed by atoms with van der Waals surface area (Å²) in [5.41, 5.74) is 0.735. The molecule has 0 amide bonds. The van der Waals surface area contributed by atoms with Crippen LogP contribution in [0.4, 0.5) is 0 Å². The molecule has 0 aromatic heterocycles. The number of rotatable bonds is 14. The lowest BCUT2D eigenvalue weighted by atomic mass is 9.47. The van der Waals surface area contributed by atoms with E-state index in [1.165, 1.54) is 12.5 Å². The average molecular weight is 901 g/mol. The number of Topliss-reactive ketones (excluding diaryl/α,β-unsaturated/α-hetero) is 2. The third-order valence-electron chi connectivity index (χ3n) is 16.5. The summed E-state index contributed by atoms with van der Waals surface area (Å²) in [4.78, 5) is 27.8. The lowest BCUT2D eigenvalue weighted by Gasteiger charge is -2.58. The molecule has 7 rings (SSSR count). The molecule has 0 radical (unpaired) electrons. The number of aliphatic hydroxyl groups excluding tert-OH is 10. The molecular formula is C45H72O18. The topological polar surface area (TPSA) is 292 Å². The van der Waals surface area contributed by atoms with Crippen molar-refractivity contribution in [2.75, 3.05) is 19.8 Å². The Balaban J connectivity index is 0.964. The van der Waals surface area contributed by atoms with E-state index in [2.05, 4.69) is 19.9 Å². The summed E-state index contributed by atoms with van der Waals surface area (Å²) in [6.07, 6.45) is -13.4. The summed E-state index contributed by atoms with van der Waals surface area (Å²) in [7, 11) is 0. The minimum Gasteiger partial charge on any atom is -0.394 e. The number of ether oxygens (including phenoxy) is 6. The van der Waals surface area contributed by atoms with Gasteiger partial charge in [0.05, 0.1) is 32.0 Å². The Kier molecular flexibility index (Phi) is 15.3. The Labute approximate surface area is 368 Å². The van der Waals surface area contributed by atoms with Crippen molar-refractivity contribution in [3.8, 4) is 0 Å². The fraction of sp³-hybridized carbons (Fsp3) is 0.911. The molecule has 0 aromatic rings. The van der Waals surface area contributed by atoms with Gasteiger partial charge in [0.25, 0.3) is 0 Å². The van der Waals surface area contributed by atoms with Crippen LogP contribution in [0.1, 0.15) is 92.4 Å². The molecule has 24 atom stereocenters. The molecule has 3 heterocycles. The molecule has 7 aliphatic rings. The van der Waals surface area contributed by atoms with Gasteiger partial charge in [0.15, 0.2) is 18.9 Å². The van der Waals surface area contributed by atoms with E-state index < -0.39 is 117 Å². The molecule has 0 bridgehead atoms. The molecule has 10 N–H and O–H groups in total. The van der Waals surface area contributed by atoms with Crippen molar-refractivity contribution in [1.82, 2.24) is 0 Å². The first-order chi connectivity index (χ1) is 29.7. The van der Waals surface area contributed by atoms with Gasteiger partial charge in [-0.1, -0.05) is 39.3 Å². The summed E-state index contributed by atoms with van der Waals surface area (Å²) in [5.74, 6) is -0.137. The summed E-state index contributed by atoms with van der Waals surface area (Å²) < 4.78 is 35.1. The SMILES string of the molecule is CC1O[C@@H](OC2C(O)[C@H](O)C(CO)O[C@H]2OC2CC[C@@]3(C)C(=CC[C@H]4[C@@H]5CC(=O)[C@@H]([C@H](C)C(=O)CC[C@@H](C)CO[C@@H]6OC(CO)[C@@H](O)C(O)C6O)[C@@]5(C)CC[C@@H]43)C2)C(O)C(O)[C@H]1O. The maximum atomic E-state index is 14.0. The summed E-state index contributed by atoms with van der Waals surface area (Å²) >= 11 is 0. The molecule has 10 unspecified atom stereocenters. The second-order valence-corrected chi connectivity index (χ2v) is 20.4. The Bertz CT molecular complexity index is 1630. The number of ketones is 2. The summed E-state index contributed by atoms with van der Waals surface area (Å²) in [6, 6.07) is 0. The second kappa shape index (κ2) is 19.6. The van der Waals surface area contributed by atoms with Gasteiger partial charge in [-0.25, -0.2) is 0 Å². The highest BCUT2D eigenvalue weighted by atomic mass is 16.8. The van der Waals surface area contributed by atoms with Crippen LogP contribution < -0.4 is 0 Å². The number of hydrogen-bond donors (Lipinski definition) is 10. The largest absolute Gasteiger partial charge is 0.394 e. The number of allylic oxidation sites excluding steroid dienone is 1. The monoisotopic (exact) mass is 900 g/mol. The van der Waals surface area contributed by atoms with E-state index in [1.807, 2.05) is 13.8 Å². The maximum absolute atomic E-state index is 14.0. The third kappa shape index (κ3) is 9.24. The van der Waals surface area contributed by atoms with Crippen LogP contribution in [-0.2, 0) is 38.0 Å². The lowest BCUT2D eigenvalue weighted by molar-refractivity contribution is -0.369. The molecule has 3 saturated carbocycles. The van der Waals surface area contributed by atoms with Crippen LogP contribution in [0, 0.1) is 46.3 Å². The zero-order valence-corrected chi connectivity index (χ0v) is 37.0. The van der Waals surface area contributed by atoms with Crippen LogP contribution in [0.5, 0.6) is 0 Å². The van der Waals surface area contributed by atoms with Crippen molar-refractivity contribution in [2.45, 2.75) is 191 Å². The van der Waals surface area contributed by atoms with E-state index in [-0.39, 0.29) is 59.3 Å². The minimum atomic E-state index is -1.67. The maximum Gasteiger partial charge on any atom is 0.187 e. The number of fused-ring (bicyclic) bond motifs is 5. The van der Waals surface area contributed by atoms with Gasteiger partial charge >= 0.3 is 0 Å². The highest BCUT2D eigenvalue weighted by Gasteiger charge is 2.63. The summed E-state index contributed by atoms with van der Waals surface area (Å²) in [5, 5.41) is 103. The zero-order valence-electron chi connectivity index (χ0n) is 37.0. The molecule has 3 saturated heterocycles. The van der Waals surface area contributed by atoms with Gasteiger partial charge in [-0.15, -0.1) is 0 Å². The van der Waals surface area contributed by atoms with E-state index in [0.29, 0.717) is 31.6 Å². The van der Waals surface area contributed by atoms with Crippen LogP contribution in [0.15, 0.2) is 11.6 Å². The van der Waals surface area contributed by atoms with Gasteiger partial charge in [-0.2, -0.15) is 0 Å². The predicted octanol–water partition coefficient (Wildman–Crippen LogP) is -0.781. The van der Waals surface area contributed by atoms with Crippen LogP contribution in [-0.4, -0.2) is 181 Å². The minimum absolute atomic E-state index is 0.0171. The second-order valence-electron chi connectivity index (χ2n) is 20.4. The van der Waals surface area contributed by atoms with E-state index in [1.54, 1.807) is 0 Å². The fourth-order valence-electron chi connectivity index (χ4n) is 12.6. The highest BCUT2D eigenvalue weighted by molar-refractivity contribution is 5.92. The van der Waals surface area contributed by atoms with Crippen molar-refractivity contribution in [3.05, 3.63) is 11.6 Å². The van der Waals surface area contributed by atoms with Crippen molar-refractivity contribution in [2.24, 2.45) is 46.3 Å². The van der Waals surface area contributed by atoms with Gasteiger partial charge in [-0.3, -0.25) is 9.59 Å². The number of carbonyl (C=O) groups is 2. The van der Waals surface area contributed by atoms with Crippen LogP contribution >= 0.6 is 0 Å². The molecule has 6 fully saturated rings. The third-order valence-corrected chi connectivity index (χ3v) is 16.5. The first-order valence-corrected chi connectivity index (χ1v) is 23.1. The van der Waals surface area contributed by atoms with Gasteiger partial charge < -0.3 is 79.5 Å². The Morgan fingerprint density at radius 3 is 2.08 bits per heavy atom. The Morgan fingerprint density at radius 1 is 0.762 bits per heavy atom. The van der Waals surface area contributed by atoms with Gasteiger partial charge in [0.2, 0.25) is 0 Å². The van der Waals surface area contributed by atoms with E-state index >= 15 is 0 Å². The molecule has 18 nitrogen and oxygen atoms in total. The molecule has 63 heavy (non-hydrogen) atoms. The smallest absolute Gasteiger partial charge is 0.187 e. The quantitative estimate of drug-likeness (QED) is 0.0957. The molecule has 0 aromatic carbocycles. The molecule has 4 aliphatic carbocycles. The molecule has 0 spiro atoms. The van der Waals surface area contributed by atoms with Crippen LogP contribution in [0.3, 0.4) is 0 Å². The lowest BCUT2D eigenvalue weighted by Crippen LogP contribution is -2.64. The van der Waals surface area contributed by atoms with Crippen molar-refractivity contribution in [3.63, 3.8) is 0 Å². The van der Waals surface area contributed by atoms with E-state index in [4.69, 9.17) is 28.4 Å². The molecule has 360 valence electrons. The highest BCUT2D eigenvalue weighted by Crippen LogP contribution is 2.66. The number of aliphatic hydroxyl groups is 10. The summed E-state index contributed by atoms with van der Waals surface area (Å²) in [6.45, 7) is 8.71. The molecule has 3 aliphatic heterocycles.